The summed E-state index contributed by atoms with van der Waals surface area (Å²) in [6, 6.07) is 10.1. The van der Waals surface area contributed by atoms with Crippen LogP contribution in [0.5, 0.6) is 0 Å². The first-order valence-electron chi connectivity index (χ1n) is 7.29. The van der Waals surface area contributed by atoms with E-state index >= 15 is 0 Å². The minimum absolute atomic E-state index is 0.469. The Morgan fingerprint density at radius 2 is 2.00 bits per heavy atom. The van der Waals surface area contributed by atoms with Crippen LogP contribution in [0.15, 0.2) is 24.3 Å². The second kappa shape index (κ2) is 6.35. The summed E-state index contributed by atoms with van der Waals surface area (Å²) < 4.78 is 0. The highest BCUT2D eigenvalue weighted by Gasteiger charge is 2.29. The van der Waals surface area contributed by atoms with E-state index in [4.69, 9.17) is 0 Å². The van der Waals surface area contributed by atoms with E-state index in [9.17, 15) is 0 Å². The predicted octanol–water partition coefficient (Wildman–Crippen LogP) is 3.13. The van der Waals surface area contributed by atoms with E-state index in [0.717, 1.165) is 19.1 Å². The largest absolute Gasteiger partial charge is 0.309 e. The van der Waals surface area contributed by atoms with Gasteiger partial charge in [0.1, 0.15) is 0 Å². The van der Waals surface area contributed by atoms with E-state index in [0.29, 0.717) is 6.04 Å². The van der Waals surface area contributed by atoms with Crippen molar-refractivity contribution in [2.24, 2.45) is 0 Å². The smallest absolute Gasteiger partial charge is 0.0451 e. The third-order valence-corrected chi connectivity index (χ3v) is 3.90. The van der Waals surface area contributed by atoms with Crippen LogP contribution >= 0.6 is 0 Å². The average Bonchev–Trinajstić information content (AvgIpc) is 3.19. The molecule has 1 aromatic rings. The monoisotopic (exact) mass is 246 g/mol. The highest BCUT2D eigenvalue weighted by molar-refractivity contribution is 5.29. The quantitative estimate of drug-likeness (QED) is 0.795. The van der Waals surface area contributed by atoms with Gasteiger partial charge in [-0.2, -0.15) is 0 Å². The predicted molar refractivity (Wildman–Crippen MR) is 77.9 cm³/mol. The van der Waals surface area contributed by atoms with E-state index in [1.807, 2.05) is 0 Å². The molecule has 1 aliphatic rings. The Kier molecular flexibility index (Phi) is 4.79. The fraction of sp³-hybridized carbons (Fsp3) is 0.625. The summed E-state index contributed by atoms with van der Waals surface area (Å²) in [5.74, 6) is 0. The van der Waals surface area contributed by atoms with Gasteiger partial charge in [-0.1, -0.05) is 38.1 Å². The number of hydrogen-bond donors (Lipinski definition) is 1. The summed E-state index contributed by atoms with van der Waals surface area (Å²) in [5.41, 5.74) is 2.86. The molecule has 1 atom stereocenters. The molecular formula is C16H26N2. The van der Waals surface area contributed by atoms with Gasteiger partial charge in [-0.05, 0) is 44.0 Å². The maximum Gasteiger partial charge on any atom is 0.0451 e. The molecule has 18 heavy (non-hydrogen) atoms. The lowest BCUT2D eigenvalue weighted by Gasteiger charge is -2.28. The van der Waals surface area contributed by atoms with Crippen LogP contribution in [-0.2, 0) is 0 Å². The maximum atomic E-state index is 3.65. The van der Waals surface area contributed by atoms with Crippen molar-refractivity contribution in [3.63, 3.8) is 0 Å². The standard InChI is InChI=1S/C16H26N2/c1-4-17-16(12-18(5-2)14-10-11-14)15-9-7-6-8-13(15)3/h6-9,14,16-17H,4-5,10-12H2,1-3H3. The van der Waals surface area contributed by atoms with E-state index in [2.05, 4.69) is 55.3 Å². The van der Waals surface area contributed by atoms with Gasteiger partial charge in [-0.15, -0.1) is 0 Å². The Morgan fingerprint density at radius 3 is 2.56 bits per heavy atom. The molecule has 0 heterocycles. The Labute approximate surface area is 111 Å². The molecule has 2 nitrogen and oxygen atoms in total. The molecule has 1 unspecified atom stereocenters. The second-order valence-electron chi connectivity index (χ2n) is 5.29. The third-order valence-electron chi connectivity index (χ3n) is 3.90. The molecule has 1 saturated carbocycles. The first-order valence-corrected chi connectivity index (χ1v) is 7.29. The fourth-order valence-corrected chi connectivity index (χ4v) is 2.71. The van der Waals surface area contributed by atoms with E-state index in [1.54, 1.807) is 0 Å². The highest BCUT2D eigenvalue weighted by atomic mass is 15.2. The van der Waals surface area contributed by atoms with E-state index < -0.39 is 0 Å². The Hall–Kier alpha value is -0.860. The molecule has 0 spiro atoms. The Balaban J connectivity index is 2.09. The van der Waals surface area contributed by atoms with Crippen LogP contribution in [0.3, 0.4) is 0 Å². The zero-order valence-corrected chi connectivity index (χ0v) is 11.9. The van der Waals surface area contributed by atoms with E-state index in [-0.39, 0.29) is 0 Å². The molecule has 1 fully saturated rings. The fourth-order valence-electron chi connectivity index (χ4n) is 2.71. The van der Waals surface area contributed by atoms with Crippen molar-refractivity contribution in [2.45, 2.75) is 45.7 Å². The average molecular weight is 246 g/mol. The van der Waals surface area contributed by atoms with Crippen molar-refractivity contribution in [1.82, 2.24) is 10.2 Å². The number of rotatable bonds is 7. The number of hydrogen-bond acceptors (Lipinski definition) is 2. The molecule has 0 radical (unpaired) electrons. The maximum absolute atomic E-state index is 3.65. The van der Waals surface area contributed by atoms with Gasteiger partial charge in [0.15, 0.2) is 0 Å². The summed E-state index contributed by atoms with van der Waals surface area (Å²) in [7, 11) is 0. The minimum atomic E-state index is 0.469. The van der Waals surface area contributed by atoms with Gasteiger partial charge in [0, 0.05) is 18.6 Å². The normalized spacial score (nSPS) is 17.1. The molecule has 1 aromatic carbocycles. The molecule has 1 aliphatic carbocycles. The summed E-state index contributed by atoms with van der Waals surface area (Å²) in [4.78, 5) is 2.62. The lowest BCUT2D eigenvalue weighted by atomic mass is 10.0. The topological polar surface area (TPSA) is 15.3 Å². The van der Waals surface area contributed by atoms with Crippen LogP contribution in [0.25, 0.3) is 0 Å². The van der Waals surface area contributed by atoms with Crippen LogP contribution in [0, 0.1) is 6.92 Å². The molecule has 1 N–H and O–H groups in total. The van der Waals surface area contributed by atoms with Gasteiger partial charge in [0.05, 0.1) is 0 Å². The summed E-state index contributed by atoms with van der Waals surface area (Å²) in [6.45, 7) is 10.0. The van der Waals surface area contributed by atoms with Gasteiger partial charge in [-0.25, -0.2) is 0 Å². The second-order valence-corrected chi connectivity index (χ2v) is 5.29. The molecule has 0 saturated heterocycles. The zero-order chi connectivity index (χ0) is 13.0. The van der Waals surface area contributed by atoms with Crippen molar-refractivity contribution in [3.05, 3.63) is 35.4 Å². The van der Waals surface area contributed by atoms with Crippen LogP contribution in [-0.4, -0.2) is 30.6 Å². The molecule has 0 aromatic heterocycles. The van der Waals surface area contributed by atoms with Crippen LogP contribution < -0.4 is 5.32 Å². The van der Waals surface area contributed by atoms with Crippen LogP contribution in [0.2, 0.25) is 0 Å². The van der Waals surface area contributed by atoms with Crippen molar-refractivity contribution in [1.29, 1.82) is 0 Å². The van der Waals surface area contributed by atoms with Gasteiger partial charge in [0.2, 0.25) is 0 Å². The molecule has 0 aliphatic heterocycles. The van der Waals surface area contributed by atoms with Gasteiger partial charge >= 0.3 is 0 Å². The van der Waals surface area contributed by atoms with Gasteiger partial charge in [0.25, 0.3) is 0 Å². The van der Waals surface area contributed by atoms with Crippen LogP contribution in [0.4, 0.5) is 0 Å². The molecule has 100 valence electrons. The van der Waals surface area contributed by atoms with E-state index in [1.165, 1.54) is 30.5 Å². The Bertz CT molecular complexity index is 371. The Morgan fingerprint density at radius 1 is 1.28 bits per heavy atom. The lowest BCUT2D eigenvalue weighted by Crippen LogP contribution is -2.36. The number of nitrogens with zero attached hydrogens (tertiary/aromatic N) is 1. The van der Waals surface area contributed by atoms with Crippen molar-refractivity contribution >= 4 is 0 Å². The highest BCUT2D eigenvalue weighted by Crippen LogP contribution is 2.29. The minimum Gasteiger partial charge on any atom is -0.309 e. The van der Waals surface area contributed by atoms with Crippen LogP contribution in [0.1, 0.15) is 43.9 Å². The summed E-state index contributed by atoms with van der Waals surface area (Å²) in [5, 5.41) is 3.65. The summed E-state index contributed by atoms with van der Waals surface area (Å²) >= 11 is 0. The molecule has 2 rings (SSSR count). The number of likely N-dealkylation sites (N-methyl/N-ethyl adjacent to an activating group) is 2. The summed E-state index contributed by atoms with van der Waals surface area (Å²) in [6.07, 6.45) is 2.78. The first kappa shape index (κ1) is 13.6. The van der Waals surface area contributed by atoms with Crippen molar-refractivity contribution in [3.8, 4) is 0 Å². The third kappa shape index (κ3) is 3.33. The van der Waals surface area contributed by atoms with Gasteiger partial charge in [-0.3, -0.25) is 4.90 Å². The first-order chi connectivity index (χ1) is 8.76. The zero-order valence-electron chi connectivity index (χ0n) is 11.9. The number of benzene rings is 1. The molecule has 0 amide bonds. The molecule has 2 heteroatoms. The number of aryl methyl sites for hydroxylation is 1. The van der Waals surface area contributed by atoms with Crippen molar-refractivity contribution in [2.75, 3.05) is 19.6 Å². The SMILES string of the molecule is CCNC(CN(CC)C1CC1)c1ccccc1C. The molecule has 0 bridgehead atoms. The van der Waals surface area contributed by atoms with Gasteiger partial charge < -0.3 is 5.32 Å². The van der Waals surface area contributed by atoms with Crippen molar-refractivity contribution < 1.29 is 0 Å². The molecular weight excluding hydrogens is 220 g/mol. The lowest BCUT2D eigenvalue weighted by molar-refractivity contribution is 0.245. The number of nitrogens with one attached hydrogen (secondary N) is 1.